The Kier molecular flexibility index (Phi) is 13.1. The Bertz CT molecular complexity index is 427. The number of rotatable bonds is 9. The van der Waals surface area contributed by atoms with E-state index in [1.807, 2.05) is 0 Å². The lowest BCUT2D eigenvalue weighted by Crippen LogP contribution is -2.37. The van der Waals surface area contributed by atoms with E-state index in [9.17, 15) is 0 Å². The van der Waals surface area contributed by atoms with Gasteiger partial charge in [0.2, 0.25) is 0 Å². The predicted octanol–water partition coefficient (Wildman–Crippen LogP) is 3.61. The summed E-state index contributed by atoms with van der Waals surface area (Å²) in [5.41, 5.74) is 2.62. The fourth-order valence-electron chi connectivity index (χ4n) is 2.21. The minimum atomic E-state index is 0. The van der Waals surface area contributed by atoms with Crippen LogP contribution >= 0.6 is 24.0 Å². The van der Waals surface area contributed by atoms with Gasteiger partial charge >= 0.3 is 0 Å². The molecule has 0 saturated heterocycles. The lowest BCUT2D eigenvalue weighted by molar-refractivity contribution is 0.296. The molecule has 1 aromatic carbocycles. The van der Waals surface area contributed by atoms with Crippen molar-refractivity contribution in [3.05, 3.63) is 35.4 Å². The van der Waals surface area contributed by atoms with Crippen molar-refractivity contribution in [1.29, 1.82) is 0 Å². The SMILES string of the molecule is CCCNC(=NCc1ccc(CN(CC)CC)cc1)NCC.I. The summed E-state index contributed by atoms with van der Waals surface area (Å²) in [4.78, 5) is 7.05. The van der Waals surface area contributed by atoms with E-state index in [4.69, 9.17) is 0 Å². The Morgan fingerprint density at radius 2 is 1.57 bits per heavy atom. The van der Waals surface area contributed by atoms with E-state index >= 15 is 0 Å². The number of hydrogen-bond donors (Lipinski definition) is 2. The number of hydrogen-bond acceptors (Lipinski definition) is 2. The Morgan fingerprint density at radius 3 is 2.09 bits per heavy atom. The molecule has 4 nitrogen and oxygen atoms in total. The molecular weight excluding hydrogens is 399 g/mol. The predicted molar refractivity (Wildman–Crippen MR) is 112 cm³/mol. The van der Waals surface area contributed by atoms with Gasteiger partial charge in [0.25, 0.3) is 0 Å². The molecule has 0 heterocycles. The van der Waals surface area contributed by atoms with E-state index in [0.29, 0.717) is 6.54 Å². The van der Waals surface area contributed by atoms with Gasteiger partial charge in [0.15, 0.2) is 5.96 Å². The highest BCUT2D eigenvalue weighted by Gasteiger charge is 2.01. The zero-order chi connectivity index (χ0) is 16.2. The molecule has 0 aromatic heterocycles. The third kappa shape index (κ3) is 9.15. The first-order chi connectivity index (χ1) is 10.7. The second-order valence-corrected chi connectivity index (χ2v) is 5.40. The third-order valence-electron chi connectivity index (χ3n) is 3.63. The molecule has 0 unspecified atom stereocenters. The van der Waals surface area contributed by atoms with Crippen LogP contribution in [0, 0.1) is 0 Å². The lowest BCUT2D eigenvalue weighted by atomic mass is 10.1. The number of guanidine groups is 1. The maximum absolute atomic E-state index is 4.63. The summed E-state index contributed by atoms with van der Waals surface area (Å²) in [7, 11) is 0. The van der Waals surface area contributed by atoms with Crippen LogP contribution in [0.4, 0.5) is 0 Å². The van der Waals surface area contributed by atoms with E-state index in [2.05, 4.69) is 72.5 Å². The van der Waals surface area contributed by atoms with Crippen molar-refractivity contribution in [3.8, 4) is 0 Å². The van der Waals surface area contributed by atoms with Crippen molar-refractivity contribution in [2.24, 2.45) is 4.99 Å². The Morgan fingerprint density at radius 1 is 0.957 bits per heavy atom. The van der Waals surface area contributed by atoms with Crippen LogP contribution in [0.1, 0.15) is 45.2 Å². The van der Waals surface area contributed by atoms with Crippen LogP contribution in [0.15, 0.2) is 29.3 Å². The van der Waals surface area contributed by atoms with Gasteiger partial charge in [-0.15, -0.1) is 24.0 Å². The Hall–Kier alpha value is -0.820. The van der Waals surface area contributed by atoms with Gasteiger partial charge in [0.1, 0.15) is 0 Å². The highest BCUT2D eigenvalue weighted by molar-refractivity contribution is 14.0. The molecule has 0 aliphatic heterocycles. The Balaban J connectivity index is 0.00000484. The average Bonchev–Trinajstić information content (AvgIpc) is 2.56. The molecule has 23 heavy (non-hydrogen) atoms. The summed E-state index contributed by atoms with van der Waals surface area (Å²) < 4.78 is 0. The van der Waals surface area contributed by atoms with E-state index in [0.717, 1.165) is 45.1 Å². The maximum atomic E-state index is 4.63. The first kappa shape index (κ1) is 22.2. The van der Waals surface area contributed by atoms with Gasteiger partial charge in [-0.2, -0.15) is 0 Å². The van der Waals surface area contributed by atoms with Gasteiger partial charge in [0.05, 0.1) is 6.54 Å². The Labute approximate surface area is 159 Å². The minimum absolute atomic E-state index is 0. The molecule has 0 fully saturated rings. The summed E-state index contributed by atoms with van der Waals surface area (Å²) in [6, 6.07) is 8.81. The normalized spacial score (nSPS) is 11.3. The first-order valence-corrected chi connectivity index (χ1v) is 8.55. The highest BCUT2D eigenvalue weighted by atomic mass is 127. The van der Waals surface area contributed by atoms with Gasteiger partial charge in [-0.05, 0) is 37.6 Å². The maximum Gasteiger partial charge on any atom is 0.191 e. The number of halogens is 1. The largest absolute Gasteiger partial charge is 0.357 e. The summed E-state index contributed by atoms with van der Waals surface area (Å²) >= 11 is 0. The molecule has 0 radical (unpaired) electrons. The van der Waals surface area contributed by atoms with Crippen LogP contribution in [0.25, 0.3) is 0 Å². The quantitative estimate of drug-likeness (QED) is 0.356. The standard InChI is InChI=1S/C18H32N4.HI/c1-5-13-20-18(19-6-2)21-14-16-9-11-17(12-10-16)15-22(7-3)8-4;/h9-12H,5-8,13-15H2,1-4H3,(H2,19,20,21);1H. The monoisotopic (exact) mass is 432 g/mol. The second-order valence-electron chi connectivity index (χ2n) is 5.40. The number of nitrogens with one attached hydrogen (secondary N) is 2. The van der Waals surface area contributed by atoms with Crippen LogP contribution in [0.2, 0.25) is 0 Å². The van der Waals surface area contributed by atoms with E-state index in [1.54, 1.807) is 0 Å². The molecule has 5 heteroatoms. The molecule has 0 amide bonds. The number of benzene rings is 1. The third-order valence-corrected chi connectivity index (χ3v) is 3.63. The van der Waals surface area contributed by atoms with Crippen molar-refractivity contribution < 1.29 is 0 Å². The summed E-state index contributed by atoms with van der Waals surface area (Å²) in [6.45, 7) is 14.4. The van der Waals surface area contributed by atoms with E-state index in [1.165, 1.54) is 11.1 Å². The van der Waals surface area contributed by atoms with Crippen molar-refractivity contribution >= 4 is 29.9 Å². The zero-order valence-corrected chi connectivity index (χ0v) is 17.4. The van der Waals surface area contributed by atoms with Crippen molar-refractivity contribution in [2.45, 2.75) is 47.2 Å². The lowest BCUT2D eigenvalue weighted by Gasteiger charge is -2.18. The fourth-order valence-corrected chi connectivity index (χ4v) is 2.21. The summed E-state index contributed by atoms with van der Waals surface area (Å²) in [6.07, 6.45) is 1.10. The van der Waals surface area contributed by atoms with Crippen LogP contribution in [0.3, 0.4) is 0 Å². The topological polar surface area (TPSA) is 39.7 Å². The van der Waals surface area contributed by atoms with Gasteiger partial charge in [0, 0.05) is 19.6 Å². The molecule has 0 aliphatic carbocycles. The van der Waals surface area contributed by atoms with Gasteiger partial charge in [-0.1, -0.05) is 45.0 Å². The molecule has 2 N–H and O–H groups in total. The van der Waals surface area contributed by atoms with Crippen LogP contribution < -0.4 is 10.6 Å². The van der Waals surface area contributed by atoms with Crippen LogP contribution in [-0.2, 0) is 13.1 Å². The highest BCUT2D eigenvalue weighted by Crippen LogP contribution is 2.08. The number of aliphatic imine (C=N–C) groups is 1. The molecule has 0 aliphatic rings. The average molecular weight is 432 g/mol. The van der Waals surface area contributed by atoms with Gasteiger partial charge < -0.3 is 10.6 Å². The zero-order valence-electron chi connectivity index (χ0n) is 15.1. The molecule has 0 saturated carbocycles. The van der Waals surface area contributed by atoms with E-state index < -0.39 is 0 Å². The molecule has 1 rings (SSSR count). The van der Waals surface area contributed by atoms with Gasteiger partial charge in [-0.25, -0.2) is 4.99 Å². The van der Waals surface area contributed by atoms with Gasteiger partial charge in [-0.3, -0.25) is 4.90 Å². The molecule has 1 aromatic rings. The molecule has 0 bridgehead atoms. The fraction of sp³-hybridized carbons (Fsp3) is 0.611. The molecule has 0 spiro atoms. The van der Waals surface area contributed by atoms with E-state index in [-0.39, 0.29) is 24.0 Å². The molecule has 0 atom stereocenters. The number of nitrogens with zero attached hydrogens (tertiary/aromatic N) is 2. The molecular formula is C18H33IN4. The van der Waals surface area contributed by atoms with Crippen LogP contribution in [0.5, 0.6) is 0 Å². The molecule has 132 valence electrons. The van der Waals surface area contributed by atoms with Crippen LogP contribution in [-0.4, -0.2) is 37.0 Å². The van der Waals surface area contributed by atoms with Crippen molar-refractivity contribution in [1.82, 2.24) is 15.5 Å². The second kappa shape index (κ2) is 13.6. The minimum Gasteiger partial charge on any atom is -0.357 e. The smallest absolute Gasteiger partial charge is 0.191 e. The summed E-state index contributed by atoms with van der Waals surface area (Å²) in [5.74, 6) is 0.900. The van der Waals surface area contributed by atoms with Crippen molar-refractivity contribution in [3.63, 3.8) is 0 Å². The first-order valence-electron chi connectivity index (χ1n) is 8.55. The summed E-state index contributed by atoms with van der Waals surface area (Å²) in [5, 5.41) is 6.60. The van der Waals surface area contributed by atoms with Crippen molar-refractivity contribution in [2.75, 3.05) is 26.2 Å².